The molecule has 2 atom stereocenters. The highest BCUT2D eigenvalue weighted by Gasteiger charge is 2.39. The molecular weight excluding hydrogens is 308 g/mol. The quantitative estimate of drug-likeness (QED) is 0.665. The second-order valence-corrected chi connectivity index (χ2v) is 5.60. The maximum absolute atomic E-state index is 14.6. The van der Waals surface area contributed by atoms with Gasteiger partial charge in [0.05, 0.1) is 7.11 Å². The van der Waals surface area contributed by atoms with Gasteiger partial charge in [0.15, 0.2) is 23.9 Å². The number of halogens is 4. The van der Waals surface area contributed by atoms with Crippen LogP contribution < -0.4 is 4.74 Å². The molecule has 2 aromatic carbocycles. The standard InChI is InChI=1S/C18H16F4O/c1-3-4-9-5-6-10-11-7-8-12(23-2)16(20)14(11)18(22)17(21)13(10)15(9)19/h5-8,17-18H,3-4H2,1-2H3. The van der Waals surface area contributed by atoms with Gasteiger partial charge in [0.25, 0.3) is 0 Å². The fourth-order valence-corrected chi connectivity index (χ4v) is 3.13. The van der Waals surface area contributed by atoms with Gasteiger partial charge in [-0.15, -0.1) is 0 Å². The van der Waals surface area contributed by atoms with E-state index in [1.165, 1.54) is 25.3 Å². The third kappa shape index (κ3) is 2.30. The van der Waals surface area contributed by atoms with Gasteiger partial charge in [-0.05, 0) is 29.2 Å². The summed E-state index contributed by atoms with van der Waals surface area (Å²) in [5, 5.41) is 0. The third-order valence-corrected chi connectivity index (χ3v) is 4.24. The molecule has 1 aliphatic carbocycles. The molecule has 0 fully saturated rings. The predicted octanol–water partition coefficient (Wildman–Crippen LogP) is 5.63. The van der Waals surface area contributed by atoms with E-state index in [0.717, 1.165) is 0 Å². The summed E-state index contributed by atoms with van der Waals surface area (Å²) in [5.74, 6) is -1.84. The Morgan fingerprint density at radius 1 is 0.913 bits per heavy atom. The van der Waals surface area contributed by atoms with E-state index in [9.17, 15) is 17.6 Å². The molecule has 0 aliphatic heterocycles. The van der Waals surface area contributed by atoms with Gasteiger partial charge in [-0.1, -0.05) is 31.5 Å². The molecule has 1 nitrogen and oxygen atoms in total. The van der Waals surface area contributed by atoms with Crippen molar-refractivity contribution in [2.45, 2.75) is 32.1 Å². The average molecular weight is 324 g/mol. The lowest BCUT2D eigenvalue weighted by atomic mass is 9.81. The van der Waals surface area contributed by atoms with Gasteiger partial charge in [-0.2, -0.15) is 0 Å². The number of hydrogen-bond donors (Lipinski definition) is 0. The van der Waals surface area contributed by atoms with E-state index in [2.05, 4.69) is 0 Å². The number of alkyl halides is 2. The summed E-state index contributed by atoms with van der Waals surface area (Å²) in [7, 11) is 1.25. The lowest BCUT2D eigenvalue weighted by Crippen LogP contribution is -2.16. The Morgan fingerprint density at radius 3 is 2.04 bits per heavy atom. The van der Waals surface area contributed by atoms with Crippen molar-refractivity contribution >= 4 is 0 Å². The van der Waals surface area contributed by atoms with Gasteiger partial charge in [0.2, 0.25) is 0 Å². The zero-order valence-corrected chi connectivity index (χ0v) is 12.8. The number of hydrogen-bond acceptors (Lipinski definition) is 1. The van der Waals surface area contributed by atoms with Gasteiger partial charge in [-0.25, -0.2) is 17.6 Å². The van der Waals surface area contributed by atoms with Crippen LogP contribution in [0.3, 0.4) is 0 Å². The summed E-state index contributed by atoms with van der Waals surface area (Å²) in [4.78, 5) is 0. The Morgan fingerprint density at radius 2 is 1.48 bits per heavy atom. The van der Waals surface area contributed by atoms with E-state index in [-0.39, 0.29) is 22.4 Å². The first-order valence-corrected chi connectivity index (χ1v) is 7.47. The fraction of sp³-hybridized carbons (Fsp3) is 0.333. The van der Waals surface area contributed by atoms with Crippen molar-refractivity contribution in [3.8, 4) is 16.9 Å². The van der Waals surface area contributed by atoms with Crippen molar-refractivity contribution in [2.75, 3.05) is 7.11 Å². The topological polar surface area (TPSA) is 9.23 Å². The maximum Gasteiger partial charge on any atom is 0.171 e. The number of aryl methyl sites for hydroxylation is 1. The van der Waals surface area contributed by atoms with Crippen LogP contribution in [-0.4, -0.2) is 7.11 Å². The van der Waals surface area contributed by atoms with Crippen LogP contribution >= 0.6 is 0 Å². The van der Waals surface area contributed by atoms with Gasteiger partial charge in [0, 0.05) is 11.1 Å². The zero-order chi connectivity index (χ0) is 16.7. The van der Waals surface area contributed by atoms with E-state index >= 15 is 0 Å². The van der Waals surface area contributed by atoms with Crippen molar-refractivity contribution < 1.29 is 22.3 Å². The molecule has 0 spiro atoms. The highest BCUT2D eigenvalue weighted by Crippen LogP contribution is 2.51. The Bertz CT molecular complexity index is 757. The molecule has 0 saturated heterocycles. The molecule has 122 valence electrons. The van der Waals surface area contributed by atoms with Crippen LogP contribution in [-0.2, 0) is 6.42 Å². The Labute approximate surface area is 131 Å². The minimum absolute atomic E-state index is 0.162. The van der Waals surface area contributed by atoms with Gasteiger partial charge >= 0.3 is 0 Å². The van der Waals surface area contributed by atoms with E-state index in [1.54, 1.807) is 6.07 Å². The van der Waals surface area contributed by atoms with Crippen LogP contribution in [0.4, 0.5) is 17.6 Å². The third-order valence-electron chi connectivity index (χ3n) is 4.24. The molecule has 1 aliphatic rings. The van der Waals surface area contributed by atoms with Crippen molar-refractivity contribution in [3.05, 3.63) is 52.6 Å². The monoisotopic (exact) mass is 324 g/mol. The molecule has 0 bridgehead atoms. The van der Waals surface area contributed by atoms with Crippen LogP contribution in [0.15, 0.2) is 24.3 Å². The number of ether oxygens (including phenoxy) is 1. The molecule has 2 aromatic rings. The molecular formula is C18H16F4O. The summed E-state index contributed by atoms with van der Waals surface area (Å²) in [6, 6.07) is 5.86. The molecule has 0 aromatic heterocycles. The van der Waals surface area contributed by atoms with Gasteiger partial charge in [0.1, 0.15) is 5.82 Å². The minimum atomic E-state index is -2.26. The Balaban J connectivity index is 2.28. The van der Waals surface area contributed by atoms with Crippen molar-refractivity contribution in [1.82, 2.24) is 0 Å². The number of methoxy groups -OCH3 is 1. The average Bonchev–Trinajstić information content (AvgIpc) is 2.54. The molecule has 0 amide bonds. The first-order chi connectivity index (χ1) is 11.0. The molecule has 0 radical (unpaired) electrons. The van der Waals surface area contributed by atoms with E-state index < -0.39 is 29.5 Å². The smallest absolute Gasteiger partial charge is 0.171 e. The molecule has 0 saturated carbocycles. The molecule has 3 rings (SSSR count). The lowest BCUT2D eigenvalue weighted by Gasteiger charge is -2.28. The minimum Gasteiger partial charge on any atom is -0.494 e. The van der Waals surface area contributed by atoms with Gasteiger partial charge in [-0.3, -0.25) is 0 Å². The largest absolute Gasteiger partial charge is 0.494 e. The second kappa shape index (κ2) is 5.87. The van der Waals surface area contributed by atoms with Crippen molar-refractivity contribution in [2.24, 2.45) is 0 Å². The second-order valence-electron chi connectivity index (χ2n) is 5.60. The molecule has 23 heavy (non-hydrogen) atoms. The number of rotatable bonds is 3. The summed E-state index contributed by atoms with van der Waals surface area (Å²) >= 11 is 0. The fourth-order valence-electron chi connectivity index (χ4n) is 3.13. The normalized spacial score (nSPS) is 19.2. The van der Waals surface area contributed by atoms with Crippen LogP contribution in [0, 0.1) is 11.6 Å². The summed E-state index contributed by atoms with van der Waals surface area (Å²) < 4.78 is 62.8. The van der Waals surface area contributed by atoms with Crippen LogP contribution in [0.1, 0.15) is 42.4 Å². The first-order valence-electron chi connectivity index (χ1n) is 7.47. The maximum atomic E-state index is 14.6. The predicted molar refractivity (Wildman–Crippen MR) is 80.0 cm³/mol. The SMILES string of the molecule is CCCc1ccc2c(c1F)C(F)C(F)c1c-2ccc(OC)c1F. The van der Waals surface area contributed by atoms with Gasteiger partial charge < -0.3 is 4.74 Å². The van der Waals surface area contributed by atoms with E-state index in [1.807, 2.05) is 6.92 Å². The number of fused-ring (bicyclic) bond motifs is 3. The van der Waals surface area contributed by atoms with Crippen LogP contribution in [0.2, 0.25) is 0 Å². The summed E-state index contributed by atoms with van der Waals surface area (Å²) in [5.41, 5.74) is -0.0204. The lowest BCUT2D eigenvalue weighted by molar-refractivity contribution is 0.159. The summed E-state index contributed by atoms with van der Waals surface area (Å²) in [6.07, 6.45) is -3.38. The van der Waals surface area contributed by atoms with E-state index in [0.29, 0.717) is 18.4 Å². The Hall–Kier alpha value is -2.04. The summed E-state index contributed by atoms with van der Waals surface area (Å²) in [6.45, 7) is 1.88. The molecule has 0 heterocycles. The highest BCUT2D eigenvalue weighted by atomic mass is 19.2. The first kappa shape index (κ1) is 15.8. The van der Waals surface area contributed by atoms with Crippen molar-refractivity contribution in [3.63, 3.8) is 0 Å². The van der Waals surface area contributed by atoms with Crippen LogP contribution in [0.25, 0.3) is 11.1 Å². The van der Waals surface area contributed by atoms with E-state index in [4.69, 9.17) is 4.74 Å². The zero-order valence-electron chi connectivity index (χ0n) is 12.8. The molecule has 5 heteroatoms. The van der Waals surface area contributed by atoms with Crippen LogP contribution in [0.5, 0.6) is 5.75 Å². The Kier molecular flexibility index (Phi) is 4.04. The molecule has 2 unspecified atom stereocenters. The molecule has 0 N–H and O–H groups in total. The van der Waals surface area contributed by atoms with Crippen molar-refractivity contribution in [1.29, 1.82) is 0 Å². The highest BCUT2D eigenvalue weighted by molar-refractivity contribution is 5.76. The number of benzene rings is 2.